The van der Waals surface area contributed by atoms with Gasteiger partial charge in [-0.15, -0.1) is 5.10 Å². The van der Waals surface area contributed by atoms with Crippen molar-refractivity contribution in [1.29, 1.82) is 0 Å². The average molecular weight is 358 g/mol. The standard InChI is InChI=1S/C12H18N6O7/c13-6(20)1-4(12(23)24)16-9(14)10-15-3-18(17-10)11-8(22)7(21)5(2-19)25-11/h3-5,7-8,11,19,21-22H,1-2H2,(H2,13,20)(H2,14,16)(H,23,24)/t4?,5-,7-,8-,11?/m1/s1. The lowest BCUT2D eigenvalue weighted by Crippen LogP contribution is -2.33. The highest BCUT2D eigenvalue weighted by molar-refractivity contribution is 5.96. The molecule has 0 aliphatic carbocycles. The highest BCUT2D eigenvalue weighted by atomic mass is 16.6. The molecule has 25 heavy (non-hydrogen) atoms. The van der Waals surface area contributed by atoms with Crippen molar-refractivity contribution < 1.29 is 34.8 Å². The van der Waals surface area contributed by atoms with Crippen LogP contribution in [-0.4, -0.2) is 83.9 Å². The summed E-state index contributed by atoms with van der Waals surface area (Å²) in [4.78, 5) is 29.4. The maximum Gasteiger partial charge on any atom is 0.329 e. The van der Waals surface area contributed by atoms with Gasteiger partial charge in [-0.1, -0.05) is 0 Å². The molecule has 1 aliphatic rings. The van der Waals surface area contributed by atoms with Crippen molar-refractivity contribution in [3.8, 4) is 0 Å². The Morgan fingerprint density at radius 1 is 1.36 bits per heavy atom. The van der Waals surface area contributed by atoms with Gasteiger partial charge in [-0.05, 0) is 0 Å². The average Bonchev–Trinajstić information content (AvgIpc) is 3.12. The molecule has 1 fully saturated rings. The Labute approximate surface area is 140 Å². The van der Waals surface area contributed by atoms with Crippen LogP contribution >= 0.6 is 0 Å². The summed E-state index contributed by atoms with van der Waals surface area (Å²) in [6.07, 6.45) is -4.23. The molecule has 2 heterocycles. The number of rotatable bonds is 7. The zero-order chi connectivity index (χ0) is 18.7. The molecule has 0 spiro atoms. The second-order valence-corrected chi connectivity index (χ2v) is 5.32. The molecule has 1 aromatic heterocycles. The molecule has 0 radical (unpaired) electrons. The van der Waals surface area contributed by atoms with Gasteiger partial charge in [-0.3, -0.25) is 4.79 Å². The minimum atomic E-state index is -1.49. The van der Waals surface area contributed by atoms with Crippen LogP contribution in [0.2, 0.25) is 0 Å². The van der Waals surface area contributed by atoms with Gasteiger partial charge in [0.05, 0.1) is 13.0 Å². The van der Waals surface area contributed by atoms with Crippen molar-refractivity contribution >= 4 is 17.7 Å². The number of aliphatic hydroxyl groups excluding tert-OH is 3. The molecule has 0 saturated carbocycles. The third kappa shape index (κ3) is 4.08. The normalized spacial score (nSPS) is 28.0. The first-order valence-electron chi connectivity index (χ1n) is 7.13. The number of carbonyl (C=O) groups excluding carboxylic acids is 1. The molecule has 2 unspecified atom stereocenters. The molecule has 5 atom stereocenters. The predicted octanol–water partition coefficient (Wildman–Crippen LogP) is -4.08. The lowest BCUT2D eigenvalue weighted by atomic mass is 10.1. The van der Waals surface area contributed by atoms with Crippen LogP contribution in [0.25, 0.3) is 0 Å². The molecule has 2 rings (SSSR count). The number of ether oxygens (including phenoxy) is 1. The van der Waals surface area contributed by atoms with Crippen LogP contribution in [0.1, 0.15) is 18.5 Å². The number of aromatic nitrogens is 3. The first kappa shape index (κ1) is 18.7. The number of carbonyl (C=O) groups is 2. The number of primary amides is 1. The van der Waals surface area contributed by atoms with Gasteiger partial charge in [0.2, 0.25) is 11.7 Å². The molecule has 0 bridgehead atoms. The lowest BCUT2D eigenvalue weighted by molar-refractivity contribution is -0.140. The summed E-state index contributed by atoms with van der Waals surface area (Å²) in [5.41, 5.74) is 10.6. The second-order valence-electron chi connectivity index (χ2n) is 5.32. The summed E-state index contributed by atoms with van der Waals surface area (Å²) in [6.45, 7) is -0.507. The maximum absolute atomic E-state index is 11.0. The monoisotopic (exact) mass is 358 g/mol. The number of aliphatic hydroxyl groups is 3. The van der Waals surface area contributed by atoms with Crippen molar-refractivity contribution in [2.75, 3.05) is 6.61 Å². The van der Waals surface area contributed by atoms with E-state index in [1.54, 1.807) is 0 Å². The number of carboxylic acids is 1. The SMILES string of the molecule is NC(=O)CC(N=C(N)c1ncn(C2O[C@H](CO)[C@@H](O)[C@H]2O)n1)C(=O)O. The van der Waals surface area contributed by atoms with Gasteiger partial charge in [0.1, 0.15) is 24.6 Å². The Kier molecular flexibility index (Phi) is 5.63. The third-order valence-corrected chi connectivity index (χ3v) is 3.49. The van der Waals surface area contributed by atoms with Crippen LogP contribution in [0.4, 0.5) is 0 Å². The molecular formula is C12H18N6O7. The topological polar surface area (TPSA) is 219 Å². The Hall–Kier alpha value is -2.61. The maximum atomic E-state index is 11.0. The molecular weight excluding hydrogens is 340 g/mol. The van der Waals surface area contributed by atoms with Crippen molar-refractivity contribution in [1.82, 2.24) is 14.8 Å². The Bertz CT molecular complexity index is 677. The van der Waals surface area contributed by atoms with E-state index in [2.05, 4.69) is 15.1 Å². The number of amides is 1. The Balaban J connectivity index is 2.18. The quantitative estimate of drug-likeness (QED) is 0.204. The molecule has 8 N–H and O–H groups in total. The lowest BCUT2D eigenvalue weighted by Gasteiger charge is -2.13. The first-order valence-corrected chi connectivity index (χ1v) is 7.13. The number of hydrogen-bond donors (Lipinski definition) is 6. The van der Waals surface area contributed by atoms with Crippen LogP contribution < -0.4 is 11.5 Å². The van der Waals surface area contributed by atoms with E-state index in [0.717, 1.165) is 11.0 Å². The minimum absolute atomic E-state index is 0.173. The molecule has 138 valence electrons. The fraction of sp³-hybridized carbons (Fsp3) is 0.583. The molecule has 1 amide bonds. The number of hydrogen-bond acceptors (Lipinski definition) is 9. The third-order valence-electron chi connectivity index (χ3n) is 3.49. The number of aliphatic carboxylic acids is 1. The van der Waals surface area contributed by atoms with E-state index < -0.39 is 55.5 Å². The van der Waals surface area contributed by atoms with Gasteiger partial charge in [0, 0.05) is 0 Å². The number of amidine groups is 1. The van der Waals surface area contributed by atoms with Gasteiger partial charge in [0.25, 0.3) is 0 Å². The van der Waals surface area contributed by atoms with E-state index in [-0.39, 0.29) is 11.7 Å². The van der Waals surface area contributed by atoms with E-state index in [9.17, 15) is 19.8 Å². The Morgan fingerprint density at radius 2 is 2.04 bits per heavy atom. The van der Waals surface area contributed by atoms with Crippen LogP contribution in [0.15, 0.2) is 11.3 Å². The number of carboxylic acid groups (broad SMARTS) is 1. The molecule has 1 aromatic rings. The summed E-state index contributed by atoms with van der Waals surface area (Å²) in [5.74, 6) is -2.80. The molecule has 0 aromatic carbocycles. The highest BCUT2D eigenvalue weighted by Crippen LogP contribution is 2.28. The van der Waals surface area contributed by atoms with E-state index >= 15 is 0 Å². The van der Waals surface area contributed by atoms with Crippen molar-refractivity contribution in [2.24, 2.45) is 16.5 Å². The summed E-state index contributed by atoms with van der Waals surface area (Å²) in [6, 6.07) is -1.49. The fourth-order valence-electron chi connectivity index (χ4n) is 2.22. The van der Waals surface area contributed by atoms with E-state index in [0.29, 0.717) is 0 Å². The zero-order valence-corrected chi connectivity index (χ0v) is 12.8. The molecule has 1 saturated heterocycles. The van der Waals surface area contributed by atoms with E-state index in [1.165, 1.54) is 0 Å². The summed E-state index contributed by atoms with van der Waals surface area (Å²) in [5, 5.41) is 41.6. The molecule has 1 aliphatic heterocycles. The van der Waals surface area contributed by atoms with Crippen LogP contribution in [0.3, 0.4) is 0 Å². The molecule has 13 heteroatoms. The number of nitrogens with two attached hydrogens (primary N) is 2. The summed E-state index contributed by atoms with van der Waals surface area (Å²) < 4.78 is 6.31. The smallest absolute Gasteiger partial charge is 0.329 e. The second kappa shape index (κ2) is 7.52. The summed E-state index contributed by atoms with van der Waals surface area (Å²) >= 11 is 0. The largest absolute Gasteiger partial charge is 0.480 e. The van der Waals surface area contributed by atoms with Crippen LogP contribution in [-0.2, 0) is 14.3 Å². The van der Waals surface area contributed by atoms with Crippen molar-refractivity contribution in [3.63, 3.8) is 0 Å². The zero-order valence-electron chi connectivity index (χ0n) is 12.8. The number of aliphatic imine (C=N–C) groups is 1. The minimum Gasteiger partial charge on any atom is -0.480 e. The van der Waals surface area contributed by atoms with Gasteiger partial charge in [-0.25, -0.2) is 19.5 Å². The van der Waals surface area contributed by atoms with Crippen LogP contribution in [0.5, 0.6) is 0 Å². The van der Waals surface area contributed by atoms with Gasteiger partial charge >= 0.3 is 5.97 Å². The number of nitrogens with zero attached hydrogens (tertiary/aromatic N) is 4. The summed E-state index contributed by atoms with van der Waals surface area (Å²) in [7, 11) is 0. The van der Waals surface area contributed by atoms with E-state index in [1.807, 2.05) is 0 Å². The Morgan fingerprint density at radius 3 is 2.56 bits per heavy atom. The first-order chi connectivity index (χ1) is 11.7. The van der Waals surface area contributed by atoms with Crippen LogP contribution in [0, 0.1) is 0 Å². The highest BCUT2D eigenvalue weighted by Gasteiger charge is 2.44. The molecule has 13 nitrogen and oxygen atoms in total. The van der Waals surface area contributed by atoms with Gasteiger partial charge < -0.3 is 36.6 Å². The van der Waals surface area contributed by atoms with Crippen molar-refractivity contribution in [3.05, 3.63) is 12.2 Å². The van der Waals surface area contributed by atoms with Gasteiger partial charge in [-0.2, -0.15) is 0 Å². The van der Waals surface area contributed by atoms with Crippen molar-refractivity contribution in [2.45, 2.75) is 37.0 Å². The fourth-order valence-corrected chi connectivity index (χ4v) is 2.22. The predicted molar refractivity (Wildman–Crippen MR) is 79.0 cm³/mol. The van der Waals surface area contributed by atoms with E-state index in [4.69, 9.17) is 26.4 Å². The van der Waals surface area contributed by atoms with Gasteiger partial charge in [0.15, 0.2) is 18.1 Å².